The number of piperidine rings is 1. The van der Waals surface area contributed by atoms with Gasteiger partial charge in [-0.2, -0.15) is 0 Å². The van der Waals surface area contributed by atoms with Crippen LogP contribution in [0.15, 0.2) is 60.9 Å². The third kappa shape index (κ3) is 6.65. The first kappa shape index (κ1) is 25.6. The summed E-state index contributed by atoms with van der Waals surface area (Å²) < 4.78 is 11.4. The van der Waals surface area contributed by atoms with Gasteiger partial charge in [0.15, 0.2) is 0 Å². The number of hydrogen-bond acceptors (Lipinski definition) is 8. The predicted octanol–water partition coefficient (Wildman–Crippen LogP) is 4.55. The van der Waals surface area contributed by atoms with Crippen LogP contribution in [0.4, 0.5) is 10.7 Å². The Labute approximate surface area is 223 Å². The van der Waals surface area contributed by atoms with Gasteiger partial charge in [0.25, 0.3) is 0 Å². The SMILES string of the molecule is CCc1cnc(N2CCC(COc3ccc(C4=CCN(C(=O)OCc5ccccc5)CC4)nn3)CC2)nc1. The Hall–Kier alpha value is -4.01. The molecule has 2 aliphatic heterocycles. The highest BCUT2D eigenvalue weighted by Crippen LogP contribution is 2.24. The first-order valence-electron chi connectivity index (χ1n) is 13.4. The first-order valence-corrected chi connectivity index (χ1v) is 13.4. The summed E-state index contributed by atoms with van der Waals surface area (Å²) >= 11 is 0. The summed E-state index contributed by atoms with van der Waals surface area (Å²) in [5, 5.41) is 8.66. The second kappa shape index (κ2) is 12.5. The lowest BCUT2D eigenvalue weighted by molar-refractivity contribution is 0.0998. The van der Waals surface area contributed by atoms with E-state index < -0.39 is 0 Å². The van der Waals surface area contributed by atoms with Crippen LogP contribution in [0.3, 0.4) is 0 Å². The molecule has 1 saturated heterocycles. The van der Waals surface area contributed by atoms with Gasteiger partial charge in [-0.05, 0) is 54.4 Å². The van der Waals surface area contributed by atoms with Crippen molar-refractivity contribution in [1.29, 1.82) is 0 Å². The van der Waals surface area contributed by atoms with Crippen LogP contribution in [-0.4, -0.2) is 63.9 Å². The van der Waals surface area contributed by atoms with Gasteiger partial charge >= 0.3 is 6.09 Å². The molecule has 0 atom stereocenters. The average molecular weight is 515 g/mol. The Morgan fingerprint density at radius 1 is 0.974 bits per heavy atom. The van der Waals surface area contributed by atoms with Gasteiger partial charge in [-0.1, -0.05) is 43.3 Å². The van der Waals surface area contributed by atoms with E-state index in [1.165, 1.54) is 0 Å². The second-order valence-corrected chi connectivity index (χ2v) is 9.71. The lowest BCUT2D eigenvalue weighted by Crippen LogP contribution is -2.36. The Morgan fingerprint density at radius 2 is 1.76 bits per heavy atom. The summed E-state index contributed by atoms with van der Waals surface area (Å²) in [4.78, 5) is 25.4. The maximum atomic E-state index is 12.4. The molecule has 1 fully saturated rings. The normalized spacial score (nSPS) is 16.2. The zero-order valence-corrected chi connectivity index (χ0v) is 21.8. The standard InChI is InChI=1S/C29H34N6O3/c1-2-22-18-30-28(31-19-22)34-14-10-24(11-15-34)20-37-27-9-8-26(32-33-27)25-12-16-35(17-13-25)29(36)38-21-23-6-4-3-5-7-23/h3-9,12,18-19,24H,2,10-11,13-17,20-21H2,1H3. The van der Waals surface area contributed by atoms with Crippen LogP contribution in [0, 0.1) is 5.92 Å². The zero-order chi connectivity index (χ0) is 26.2. The summed E-state index contributed by atoms with van der Waals surface area (Å²) in [6.07, 6.45) is 9.27. The third-order valence-corrected chi connectivity index (χ3v) is 7.11. The van der Waals surface area contributed by atoms with Crippen molar-refractivity contribution in [3.8, 4) is 5.88 Å². The molecule has 2 aliphatic rings. The van der Waals surface area contributed by atoms with Crippen LogP contribution in [0.2, 0.25) is 0 Å². The van der Waals surface area contributed by atoms with Gasteiger partial charge in [0, 0.05) is 44.6 Å². The van der Waals surface area contributed by atoms with E-state index in [0.717, 1.165) is 60.7 Å². The van der Waals surface area contributed by atoms with E-state index in [4.69, 9.17) is 9.47 Å². The summed E-state index contributed by atoms with van der Waals surface area (Å²) in [6.45, 7) is 5.95. The number of nitrogens with zero attached hydrogens (tertiary/aromatic N) is 6. The number of amides is 1. The molecule has 2 aromatic heterocycles. The van der Waals surface area contributed by atoms with Gasteiger partial charge in [-0.3, -0.25) is 0 Å². The molecule has 198 valence electrons. The Balaban J connectivity index is 1.04. The number of hydrogen-bond donors (Lipinski definition) is 0. The van der Waals surface area contributed by atoms with Crippen molar-refractivity contribution in [3.05, 3.63) is 77.8 Å². The second-order valence-electron chi connectivity index (χ2n) is 9.71. The summed E-state index contributed by atoms with van der Waals surface area (Å²) in [7, 11) is 0. The summed E-state index contributed by atoms with van der Waals surface area (Å²) in [6, 6.07) is 13.5. The summed E-state index contributed by atoms with van der Waals surface area (Å²) in [5.74, 6) is 1.82. The molecule has 0 spiro atoms. The topological polar surface area (TPSA) is 93.6 Å². The predicted molar refractivity (Wildman–Crippen MR) is 145 cm³/mol. The summed E-state index contributed by atoms with van der Waals surface area (Å²) in [5.41, 5.74) is 4.03. The van der Waals surface area contributed by atoms with Gasteiger partial charge in [0.2, 0.25) is 11.8 Å². The Bertz CT molecular complexity index is 1210. The van der Waals surface area contributed by atoms with Crippen molar-refractivity contribution in [1.82, 2.24) is 25.1 Å². The van der Waals surface area contributed by atoms with E-state index in [-0.39, 0.29) is 12.7 Å². The minimum Gasteiger partial charge on any atom is -0.476 e. The highest BCUT2D eigenvalue weighted by molar-refractivity contribution is 5.71. The molecule has 0 aliphatic carbocycles. The maximum absolute atomic E-state index is 12.4. The van der Waals surface area contributed by atoms with Crippen molar-refractivity contribution >= 4 is 17.6 Å². The molecular formula is C29H34N6O3. The fourth-order valence-electron chi connectivity index (χ4n) is 4.64. The molecule has 38 heavy (non-hydrogen) atoms. The molecule has 9 heteroatoms. The fraction of sp³-hybridized carbons (Fsp3) is 0.414. The van der Waals surface area contributed by atoms with Crippen molar-refractivity contribution in [2.24, 2.45) is 5.92 Å². The molecule has 5 rings (SSSR count). The minimum atomic E-state index is -0.299. The number of carbonyl (C=O) groups is 1. The monoisotopic (exact) mass is 514 g/mol. The number of ether oxygens (including phenoxy) is 2. The molecule has 0 unspecified atom stereocenters. The molecule has 0 saturated carbocycles. The maximum Gasteiger partial charge on any atom is 0.410 e. The van der Waals surface area contributed by atoms with Gasteiger partial charge < -0.3 is 19.3 Å². The fourth-order valence-corrected chi connectivity index (χ4v) is 4.64. The highest BCUT2D eigenvalue weighted by Gasteiger charge is 2.22. The van der Waals surface area contributed by atoms with E-state index in [9.17, 15) is 4.79 Å². The molecule has 1 amide bonds. The average Bonchev–Trinajstić information content (AvgIpc) is 3.00. The van der Waals surface area contributed by atoms with E-state index in [1.807, 2.05) is 60.9 Å². The number of aromatic nitrogens is 4. The minimum absolute atomic E-state index is 0.278. The molecule has 4 heterocycles. The van der Waals surface area contributed by atoms with E-state index in [0.29, 0.717) is 37.9 Å². The van der Waals surface area contributed by atoms with Crippen molar-refractivity contribution in [2.45, 2.75) is 39.2 Å². The van der Waals surface area contributed by atoms with Gasteiger partial charge in [-0.15, -0.1) is 10.2 Å². The molecule has 0 radical (unpaired) electrons. The van der Waals surface area contributed by atoms with Crippen molar-refractivity contribution in [2.75, 3.05) is 37.7 Å². The van der Waals surface area contributed by atoms with Crippen LogP contribution >= 0.6 is 0 Å². The Morgan fingerprint density at radius 3 is 2.42 bits per heavy atom. The van der Waals surface area contributed by atoms with E-state index in [2.05, 4.69) is 32.0 Å². The molecule has 0 N–H and O–H groups in total. The lowest BCUT2D eigenvalue weighted by atomic mass is 9.98. The molecule has 1 aromatic carbocycles. The van der Waals surface area contributed by atoms with Gasteiger partial charge in [-0.25, -0.2) is 14.8 Å². The van der Waals surface area contributed by atoms with Crippen LogP contribution in [0.1, 0.15) is 43.0 Å². The number of aryl methyl sites for hydroxylation is 1. The van der Waals surface area contributed by atoms with Crippen LogP contribution in [0.25, 0.3) is 5.57 Å². The largest absolute Gasteiger partial charge is 0.476 e. The van der Waals surface area contributed by atoms with Gasteiger partial charge in [0.05, 0.1) is 12.3 Å². The smallest absolute Gasteiger partial charge is 0.410 e. The van der Waals surface area contributed by atoms with Crippen LogP contribution in [-0.2, 0) is 17.8 Å². The zero-order valence-electron chi connectivity index (χ0n) is 21.8. The van der Waals surface area contributed by atoms with Crippen LogP contribution < -0.4 is 9.64 Å². The van der Waals surface area contributed by atoms with E-state index >= 15 is 0 Å². The molecule has 0 bridgehead atoms. The van der Waals surface area contributed by atoms with Crippen molar-refractivity contribution < 1.29 is 14.3 Å². The van der Waals surface area contributed by atoms with Crippen LogP contribution in [0.5, 0.6) is 5.88 Å². The number of anilines is 1. The molecule has 9 nitrogen and oxygen atoms in total. The Kier molecular flexibility index (Phi) is 8.42. The lowest BCUT2D eigenvalue weighted by Gasteiger charge is -2.31. The highest BCUT2D eigenvalue weighted by atomic mass is 16.6. The number of carbonyl (C=O) groups excluding carboxylic acids is 1. The third-order valence-electron chi connectivity index (χ3n) is 7.11. The molecular weight excluding hydrogens is 480 g/mol. The van der Waals surface area contributed by atoms with Crippen molar-refractivity contribution in [3.63, 3.8) is 0 Å². The van der Waals surface area contributed by atoms with E-state index in [1.54, 1.807) is 4.90 Å². The molecule has 3 aromatic rings. The first-order chi connectivity index (χ1) is 18.7. The quantitative estimate of drug-likeness (QED) is 0.432. The number of rotatable bonds is 8. The number of benzene rings is 1. The van der Waals surface area contributed by atoms with Gasteiger partial charge in [0.1, 0.15) is 6.61 Å².